The first-order valence-corrected chi connectivity index (χ1v) is 11.0. The number of hydrogen-bond donors (Lipinski definition) is 1. The summed E-state index contributed by atoms with van der Waals surface area (Å²) in [5.74, 6) is -0.259. The van der Waals surface area contributed by atoms with Gasteiger partial charge in [0.1, 0.15) is 17.7 Å². The summed E-state index contributed by atoms with van der Waals surface area (Å²) in [4.78, 5) is 31.1. The van der Waals surface area contributed by atoms with Crippen molar-refractivity contribution in [3.05, 3.63) is 57.5 Å². The largest absolute Gasteiger partial charge is 0.490 e. The lowest BCUT2D eigenvalue weighted by Gasteiger charge is -2.20. The van der Waals surface area contributed by atoms with Crippen LogP contribution in [0.4, 0.5) is 29.5 Å². The van der Waals surface area contributed by atoms with Gasteiger partial charge in [0.15, 0.2) is 5.82 Å². The lowest BCUT2D eigenvalue weighted by Crippen LogP contribution is -2.27. The summed E-state index contributed by atoms with van der Waals surface area (Å²) < 4.78 is 57.5. The van der Waals surface area contributed by atoms with Crippen LogP contribution in [0.15, 0.2) is 30.6 Å². The van der Waals surface area contributed by atoms with Crippen LogP contribution in [-0.4, -0.2) is 43.5 Å². The molecule has 3 rings (SSSR count). The number of carbonyl (C=O) groups excluding carboxylic acids is 1. The number of halogens is 3. The van der Waals surface area contributed by atoms with E-state index in [4.69, 9.17) is 14.2 Å². The molecule has 0 bridgehead atoms. The molecule has 2 heterocycles. The van der Waals surface area contributed by atoms with E-state index in [9.17, 15) is 28.1 Å². The lowest BCUT2D eigenvalue weighted by molar-refractivity contribution is -0.385. The number of rotatable bonds is 8. The normalized spacial score (nSPS) is 11.8. The van der Waals surface area contributed by atoms with Gasteiger partial charge in [-0.05, 0) is 44.5 Å². The number of alkyl halides is 3. The number of aryl methyl sites for hydroxylation is 1. The number of nitrogens with one attached hydrogen (secondary N) is 1. The molecule has 0 aliphatic heterocycles. The number of methoxy groups -OCH3 is 1. The average molecular weight is 538 g/mol. The molecule has 15 heteroatoms. The van der Waals surface area contributed by atoms with E-state index in [2.05, 4.69) is 20.4 Å². The van der Waals surface area contributed by atoms with E-state index in [1.807, 2.05) is 0 Å². The minimum atomic E-state index is -4.72. The Morgan fingerprint density at radius 1 is 1.16 bits per heavy atom. The van der Waals surface area contributed by atoms with E-state index in [1.165, 1.54) is 30.3 Å². The second kappa shape index (κ2) is 11.0. The number of anilines is 1. The van der Waals surface area contributed by atoms with E-state index in [-0.39, 0.29) is 40.9 Å². The smallest absolute Gasteiger partial charge is 0.416 e. The third-order valence-electron chi connectivity index (χ3n) is 4.72. The summed E-state index contributed by atoms with van der Waals surface area (Å²) >= 11 is 0. The Labute approximate surface area is 214 Å². The van der Waals surface area contributed by atoms with Gasteiger partial charge in [-0.2, -0.15) is 18.3 Å². The third kappa shape index (κ3) is 7.38. The maximum Gasteiger partial charge on any atom is 0.416 e. The zero-order valence-corrected chi connectivity index (χ0v) is 21.1. The van der Waals surface area contributed by atoms with Gasteiger partial charge in [0, 0.05) is 13.1 Å². The molecule has 1 aromatic carbocycles. The molecule has 12 nitrogen and oxygen atoms in total. The molecule has 0 aliphatic rings. The van der Waals surface area contributed by atoms with Gasteiger partial charge < -0.3 is 14.2 Å². The first-order chi connectivity index (χ1) is 17.7. The van der Waals surface area contributed by atoms with E-state index in [0.29, 0.717) is 11.6 Å². The molecule has 0 atom stereocenters. The van der Waals surface area contributed by atoms with Crippen molar-refractivity contribution in [3.8, 4) is 17.1 Å². The number of aromatic nitrogens is 4. The second-order valence-corrected chi connectivity index (χ2v) is 9.04. The maximum atomic E-state index is 13.4. The molecule has 2 aromatic heterocycles. The van der Waals surface area contributed by atoms with Crippen LogP contribution < -0.4 is 10.1 Å². The molecule has 1 N–H and O–H groups in total. The Bertz CT molecular complexity index is 1340. The van der Waals surface area contributed by atoms with Crippen LogP contribution in [0.2, 0.25) is 0 Å². The summed E-state index contributed by atoms with van der Waals surface area (Å²) in [7, 11) is 2.89. The highest BCUT2D eigenvalue weighted by atomic mass is 19.4. The first kappa shape index (κ1) is 28.3. The van der Waals surface area contributed by atoms with Crippen LogP contribution in [0.25, 0.3) is 11.4 Å². The van der Waals surface area contributed by atoms with Crippen molar-refractivity contribution < 1.29 is 37.1 Å². The van der Waals surface area contributed by atoms with E-state index in [0.717, 1.165) is 6.07 Å². The summed E-state index contributed by atoms with van der Waals surface area (Å²) in [5.41, 5.74) is -1.87. The Kier molecular flexibility index (Phi) is 8.19. The minimum Gasteiger partial charge on any atom is -0.490 e. The monoisotopic (exact) mass is 538 g/mol. The molecule has 3 aromatic rings. The minimum absolute atomic E-state index is 0.0534. The zero-order chi connectivity index (χ0) is 28.3. The molecule has 204 valence electrons. The van der Waals surface area contributed by atoms with Crippen LogP contribution in [-0.2, 0) is 35.9 Å². The molecule has 38 heavy (non-hydrogen) atoms. The van der Waals surface area contributed by atoms with Crippen LogP contribution in [0.5, 0.6) is 5.75 Å². The van der Waals surface area contributed by atoms with Gasteiger partial charge in [-0.1, -0.05) is 0 Å². The molecule has 0 radical (unpaired) electrons. The molecule has 0 saturated heterocycles. The predicted molar refractivity (Wildman–Crippen MR) is 127 cm³/mol. The molecular formula is C23H25F3N6O6. The van der Waals surface area contributed by atoms with Crippen molar-refractivity contribution in [1.82, 2.24) is 19.7 Å². The fourth-order valence-electron chi connectivity index (χ4n) is 3.31. The summed E-state index contributed by atoms with van der Waals surface area (Å²) in [6.45, 7) is 4.18. The Balaban J connectivity index is 1.85. The second-order valence-electron chi connectivity index (χ2n) is 9.04. The quantitative estimate of drug-likeness (QED) is 0.313. The van der Waals surface area contributed by atoms with Gasteiger partial charge in [-0.15, -0.1) is 0 Å². The van der Waals surface area contributed by atoms with Gasteiger partial charge in [0.25, 0.3) is 0 Å². The fourth-order valence-corrected chi connectivity index (χ4v) is 3.31. The number of nitro groups is 1. The molecule has 0 unspecified atom stereocenters. The summed E-state index contributed by atoms with van der Waals surface area (Å²) in [5, 5.41) is 18.0. The van der Waals surface area contributed by atoms with Crippen molar-refractivity contribution in [2.45, 2.75) is 45.8 Å². The Hall–Kier alpha value is -4.27. The SMILES string of the molecule is COc1c(-c2ncn(C)n2)cc(COCc2cc(C(F)(F)F)cc(NC(=O)OC(C)(C)C)n2)cc1[N+](=O)[O-]. The Morgan fingerprint density at radius 2 is 1.87 bits per heavy atom. The topological polar surface area (TPSA) is 144 Å². The van der Waals surface area contributed by atoms with E-state index < -0.39 is 35.0 Å². The van der Waals surface area contributed by atoms with Crippen LogP contribution in [0.1, 0.15) is 37.6 Å². The zero-order valence-electron chi connectivity index (χ0n) is 21.1. The number of hydrogen-bond acceptors (Lipinski definition) is 9. The fraction of sp³-hybridized carbons (Fsp3) is 0.391. The number of carbonyl (C=O) groups is 1. The molecule has 0 spiro atoms. The number of pyridine rings is 1. The van der Waals surface area contributed by atoms with Crippen LogP contribution in [0.3, 0.4) is 0 Å². The van der Waals surface area contributed by atoms with Crippen LogP contribution >= 0.6 is 0 Å². The van der Waals surface area contributed by atoms with Crippen molar-refractivity contribution in [3.63, 3.8) is 0 Å². The van der Waals surface area contributed by atoms with Gasteiger partial charge in [-0.3, -0.25) is 20.1 Å². The van der Waals surface area contributed by atoms with Crippen molar-refractivity contribution >= 4 is 17.6 Å². The van der Waals surface area contributed by atoms with Crippen molar-refractivity contribution in [1.29, 1.82) is 0 Å². The predicted octanol–water partition coefficient (Wildman–Crippen LogP) is 4.88. The van der Waals surface area contributed by atoms with E-state index in [1.54, 1.807) is 27.8 Å². The number of nitrogens with zero attached hydrogens (tertiary/aromatic N) is 5. The summed E-state index contributed by atoms with van der Waals surface area (Å²) in [6.07, 6.45) is -4.28. The molecular weight excluding hydrogens is 513 g/mol. The van der Waals surface area contributed by atoms with Gasteiger partial charge in [0.05, 0.1) is 42.1 Å². The lowest BCUT2D eigenvalue weighted by atomic mass is 10.1. The molecule has 0 aliphatic carbocycles. The number of benzene rings is 1. The molecule has 1 amide bonds. The van der Waals surface area contributed by atoms with Crippen molar-refractivity contribution in [2.24, 2.45) is 7.05 Å². The molecule has 0 saturated carbocycles. The highest BCUT2D eigenvalue weighted by Crippen LogP contribution is 2.38. The van der Waals surface area contributed by atoms with Crippen molar-refractivity contribution in [2.75, 3.05) is 12.4 Å². The standard InChI is InChI=1S/C23H25F3N6O6/c1-22(2,3)38-21(33)29-18-9-14(23(24,25)26)8-15(28-18)11-37-10-13-6-16(20-27-12-31(4)30-20)19(36-5)17(7-13)32(34)35/h6-9,12H,10-11H2,1-5H3,(H,28,29,33). The first-order valence-electron chi connectivity index (χ1n) is 11.0. The Morgan fingerprint density at radius 3 is 2.42 bits per heavy atom. The van der Waals surface area contributed by atoms with Gasteiger partial charge in [0.2, 0.25) is 5.75 Å². The van der Waals surface area contributed by atoms with Crippen LogP contribution in [0, 0.1) is 10.1 Å². The summed E-state index contributed by atoms with van der Waals surface area (Å²) in [6, 6.07) is 4.20. The number of ether oxygens (including phenoxy) is 3. The van der Waals surface area contributed by atoms with Gasteiger partial charge in [-0.25, -0.2) is 14.8 Å². The maximum absolute atomic E-state index is 13.4. The molecule has 0 fully saturated rings. The average Bonchev–Trinajstić information content (AvgIpc) is 3.22. The highest BCUT2D eigenvalue weighted by molar-refractivity contribution is 5.83. The van der Waals surface area contributed by atoms with Gasteiger partial charge >= 0.3 is 18.0 Å². The number of amides is 1. The van der Waals surface area contributed by atoms with E-state index >= 15 is 0 Å². The highest BCUT2D eigenvalue weighted by Gasteiger charge is 2.32. The third-order valence-corrected chi connectivity index (χ3v) is 4.72. The number of nitro benzene ring substituents is 1.